The van der Waals surface area contributed by atoms with Crippen molar-refractivity contribution in [3.05, 3.63) is 40.0 Å². The number of hydrogen-bond acceptors (Lipinski definition) is 6. The largest absolute Gasteiger partial charge is 0.467 e. The molecule has 166 valence electrons. The number of nitrogens with zero attached hydrogens (tertiary/aromatic N) is 3. The van der Waals surface area contributed by atoms with Crippen LogP contribution in [0.3, 0.4) is 0 Å². The van der Waals surface area contributed by atoms with E-state index < -0.39 is 24.6 Å². The molecule has 1 saturated carbocycles. The molecule has 0 radical (unpaired) electrons. The lowest BCUT2D eigenvalue weighted by Gasteiger charge is -2.13. The molecule has 1 N–H and O–H groups in total. The molecule has 0 atom stereocenters. The van der Waals surface area contributed by atoms with Gasteiger partial charge >= 0.3 is 6.18 Å². The molecule has 1 heterocycles. The van der Waals surface area contributed by atoms with Crippen molar-refractivity contribution in [2.45, 2.75) is 19.0 Å². The van der Waals surface area contributed by atoms with Gasteiger partial charge in [-0.3, -0.25) is 4.79 Å². The highest BCUT2D eigenvalue weighted by Gasteiger charge is 2.30. The molecule has 1 aliphatic carbocycles. The van der Waals surface area contributed by atoms with Gasteiger partial charge in [-0.05, 0) is 36.6 Å². The first-order valence-electron chi connectivity index (χ1n) is 9.08. The lowest BCUT2D eigenvalue weighted by atomic mass is 10.1. The van der Waals surface area contributed by atoms with Gasteiger partial charge in [0, 0.05) is 11.5 Å². The quantitative estimate of drug-likeness (QED) is 0.446. The van der Waals surface area contributed by atoms with E-state index in [1.165, 1.54) is 31.4 Å². The van der Waals surface area contributed by atoms with Crippen LogP contribution in [0.1, 0.15) is 23.3 Å². The first-order valence-corrected chi connectivity index (χ1v) is 9.84. The van der Waals surface area contributed by atoms with Gasteiger partial charge in [-0.25, -0.2) is 0 Å². The zero-order chi connectivity index (χ0) is 22.6. The molecule has 1 aliphatic rings. The Morgan fingerprint density at radius 2 is 1.97 bits per heavy atom. The van der Waals surface area contributed by atoms with Gasteiger partial charge < -0.3 is 14.9 Å². The lowest BCUT2D eigenvalue weighted by molar-refractivity contribution is -0.154. The Morgan fingerprint density at radius 3 is 2.58 bits per heavy atom. The maximum absolute atomic E-state index is 12.6. The third kappa shape index (κ3) is 6.44. The summed E-state index contributed by atoms with van der Waals surface area (Å²) in [6.45, 7) is -1.42. The van der Waals surface area contributed by atoms with Crippen LogP contribution in [0.25, 0.3) is 11.1 Å². The predicted octanol–water partition coefficient (Wildman–Crippen LogP) is 4.53. The average Bonchev–Trinajstić information content (AvgIpc) is 3.56. The van der Waals surface area contributed by atoms with Gasteiger partial charge in [-0.1, -0.05) is 34.4 Å². The van der Waals surface area contributed by atoms with Gasteiger partial charge in [0.15, 0.2) is 12.3 Å². The second-order valence-corrected chi connectivity index (χ2v) is 7.52. The van der Waals surface area contributed by atoms with E-state index in [0.717, 1.165) is 12.8 Å². The zero-order valence-corrected chi connectivity index (χ0v) is 17.7. The summed E-state index contributed by atoms with van der Waals surface area (Å²) in [5.41, 5.74) is 1.04. The number of oxime groups is 1. The number of nitrogens with one attached hydrogen (secondary N) is 1. The Kier molecular flexibility index (Phi) is 7.22. The smallest absolute Gasteiger partial charge is 0.422 e. The Morgan fingerprint density at radius 1 is 1.23 bits per heavy atom. The molecule has 31 heavy (non-hydrogen) atoms. The minimum Gasteiger partial charge on any atom is -0.467 e. The average molecular weight is 477 g/mol. The summed E-state index contributed by atoms with van der Waals surface area (Å²) in [6.07, 6.45) is -2.65. The van der Waals surface area contributed by atoms with Crippen LogP contribution in [0.2, 0.25) is 10.0 Å². The van der Waals surface area contributed by atoms with Crippen LogP contribution in [0.5, 0.6) is 5.88 Å². The Labute approximate surface area is 185 Å². The van der Waals surface area contributed by atoms with Gasteiger partial charge in [0.25, 0.3) is 5.91 Å². The summed E-state index contributed by atoms with van der Waals surface area (Å²) in [5, 5.41) is 14.4. The molecule has 0 saturated heterocycles. The van der Waals surface area contributed by atoms with Crippen LogP contribution in [-0.4, -0.2) is 48.3 Å². The van der Waals surface area contributed by atoms with E-state index in [1.807, 2.05) is 0 Å². The number of amides is 1. The monoisotopic (exact) mass is 476 g/mol. The number of carbonyl (C=O) groups excluding carboxylic acids is 1. The van der Waals surface area contributed by atoms with E-state index in [2.05, 4.69) is 20.7 Å². The summed E-state index contributed by atoms with van der Waals surface area (Å²) >= 11 is 11.9. The van der Waals surface area contributed by atoms with Crippen LogP contribution >= 0.6 is 23.2 Å². The zero-order valence-electron chi connectivity index (χ0n) is 16.2. The lowest BCUT2D eigenvalue weighted by Crippen LogP contribution is -2.31. The van der Waals surface area contributed by atoms with Crippen LogP contribution in [0, 0.1) is 5.92 Å². The highest BCUT2D eigenvalue weighted by atomic mass is 35.5. The fourth-order valence-electron chi connectivity index (χ4n) is 2.67. The molecule has 0 spiro atoms. The Balaban J connectivity index is 1.86. The summed E-state index contributed by atoms with van der Waals surface area (Å²) in [4.78, 5) is 17.3. The molecule has 1 fully saturated rings. The van der Waals surface area contributed by atoms with E-state index >= 15 is 0 Å². The van der Waals surface area contributed by atoms with Crippen molar-refractivity contribution in [2.75, 3.05) is 20.3 Å². The van der Waals surface area contributed by atoms with E-state index in [-0.39, 0.29) is 33.8 Å². The summed E-state index contributed by atoms with van der Waals surface area (Å²) < 4.78 is 42.6. The third-order valence-electron chi connectivity index (χ3n) is 4.28. The number of carbonyl (C=O) groups is 1. The van der Waals surface area contributed by atoms with Crippen molar-refractivity contribution in [1.82, 2.24) is 15.5 Å². The van der Waals surface area contributed by atoms with Crippen molar-refractivity contribution < 1.29 is 27.5 Å². The first-order chi connectivity index (χ1) is 14.7. The normalized spacial score (nSPS) is 14.3. The molecule has 0 aliphatic heterocycles. The number of benzene rings is 1. The van der Waals surface area contributed by atoms with Crippen molar-refractivity contribution in [3.63, 3.8) is 0 Å². The van der Waals surface area contributed by atoms with Gasteiger partial charge in [-0.2, -0.15) is 13.2 Å². The fourth-order valence-corrected chi connectivity index (χ4v) is 2.96. The summed E-state index contributed by atoms with van der Waals surface area (Å²) in [5.74, 6) is -0.719. The van der Waals surface area contributed by atoms with E-state index in [4.69, 9.17) is 32.8 Å². The molecule has 12 heteroatoms. The standard InChI is InChI=1S/C19H17Cl2F3N4O3/c1-30-28-16(10-2-3-10)8-25-17(29)15-7-12(11-4-5-13(20)14(21)6-11)18(27-26-15)31-9-19(22,23)24/h4-7,10H,2-3,8-9H2,1H3,(H,25,29)/b28-16+. The molecule has 0 unspecified atom stereocenters. The molecule has 2 aromatic rings. The number of halogens is 5. The van der Waals surface area contributed by atoms with Crippen LogP contribution in [-0.2, 0) is 4.84 Å². The summed E-state index contributed by atoms with van der Waals surface area (Å²) in [7, 11) is 1.42. The molecular weight excluding hydrogens is 460 g/mol. The van der Waals surface area contributed by atoms with Gasteiger partial charge in [0.2, 0.25) is 5.88 Å². The highest BCUT2D eigenvalue weighted by molar-refractivity contribution is 6.42. The molecule has 1 aromatic carbocycles. The molecule has 1 amide bonds. The SMILES string of the molecule is CO/N=C(\CNC(=O)c1cc(-c2ccc(Cl)c(Cl)c2)c(OCC(F)(F)F)nn1)C1CC1. The second-order valence-electron chi connectivity index (χ2n) is 6.70. The van der Waals surface area contributed by atoms with Crippen LogP contribution in [0.4, 0.5) is 13.2 Å². The minimum absolute atomic E-state index is 0.107. The van der Waals surface area contributed by atoms with Gasteiger partial charge in [0.05, 0.1) is 22.3 Å². The predicted molar refractivity (Wildman–Crippen MR) is 109 cm³/mol. The first kappa shape index (κ1) is 23.1. The minimum atomic E-state index is -4.58. The van der Waals surface area contributed by atoms with Crippen molar-refractivity contribution in [3.8, 4) is 17.0 Å². The number of rotatable bonds is 8. The van der Waals surface area contributed by atoms with Crippen LogP contribution in [0.15, 0.2) is 29.4 Å². The Bertz CT molecular complexity index is 998. The maximum atomic E-state index is 12.6. The van der Waals surface area contributed by atoms with Crippen molar-refractivity contribution in [2.24, 2.45) is 11.1 Å². The number of alkyl halides is 3. The van der Waals surface area contributed by atoms with Crippen LogP contribution < -0.4 is 10.1 Å². The van der Waals surface area contributed by atoms with Gasteiger partial charge in [-0.15, -0.1) is 10.2 Å². The van der Waals surface area contributed by atoms with Crippen molar-refractivity contribution >= 4 is 34.8 Å². The molecule has 3 rings (SSSR count). The number of hydrogen-bond donors (Lipinski definition) is 1. The number of ether oxygens (including phenoxy) is 1. The molecule has 7 nitrogen and oxygen atoms in total. The molecular formula is C19H17Cl2F3N4O3. The molecule has 0 bridgehead atoms. The number of aromatic nitrogens is 2. The maximum Gasteiger partial charge on any atom is 0.422 e. The van der Waals surface area contributed by atoms with Crippen molar-refractivity contribution in [1.29, 1.82) is 0 Å². The third-order valence-corrected chi connectivity index (χ3v) is 5.02. The second kappa shape index (κ2) is 9.69. The van der Waals surface area contributed by atoms with Gasteiger partial charge in [0.1, 0.15) is 7.11 Å². The summed E-state index contributed by atoms with van der Waals surface area (Å²) in [6, 6.07) is 5.69. The fraction of sp³-hybridized carbons (Fsp3) is 0.368. The molecule has 1 aromatic heterocycles. The van der Waals surface area contributed by atoms with E-state index in [0.29, 0.717) is 11.3 Å². The highest BCUT2D eigenvalue weighted by Crippen LogP contribution is 2.34. The van der Waals surface area contributed by atoms with E-state index in [9.17, 15) is 18.0 Å². The topological polar surface area (TPSA) is 85.7 Å². The Hall–Kier alpha value is -2.59. The van der Waals surface area contributed by atoms with E-state index in [1.54, 1.807) is 0 Å².